The van der Waals surface area contributed by atoms with E-state index in [-0.39, 0.29) is 5.92 Å². The Bertz CT molecular complexity index is 655. The Kier molecular flexibility index (Phi) is 12.2. The molecule has 0 saturated heterocycles. The number of aliphatic hydroxyl groups excluding tert-OH is 1. The van der Waals surface area contributed by atoms with Crippen LogP contribution < -0.4 is 9.75 Å². The van der Waals surface area contributed by atoms with E-state index in [2.05, 4.69) is 12.0 Å². The normalized spacial score (nSPS) is 10.7. The quantitative estimate of drug-likeness (QED) is 0.473. The molecule has 0 aromatic heterocycles. The van der Waals surface area contributed by atoms with E-state index in [0.29, 0.717) is 5.56 Å². The lowest BCUT2D eigenvalue weighted by atomic mass is 10.0. The predicted octanol–water partition coefficient (Wildman–Crippen LogP) is 4.37. The van der Waals surface area contributed by atoms with Crippen molar-refractivity contribution in [3.05, 3.63) is 59.7 Å². The SMILES string of the molecule is CC.CO.COc1cccc(N(C)/N=C\C(C)c2ccc(C=O)cc2)c1. The molecule has 0 aliphatic rings. The van der Waals surface area contributed by atoms with Crippen LogP contribution in [0.25, 0.3) is 0 Å². The third-order valence-electron chi connectivity index (χ3n) is 3.49. The minimum absolute atomic E-state index is 0.161. The molecule has 26 heavy (non-hydrogen) atoms. The number of carbonyl (C=O) groups excluding carboxylic acids is 1. The monoisotopic (exact) mass is 358 g/mol. The first-order valence-electron chi connectivity index (χ1n) is 8.56. The summed E-state index contributed by atoms with van der Waals surface area (Å²) in [5, 5.41) is 13.3. The molecule has 0 aliphatic heterocycles. The summed E-state index contributed by atoms with van der Waals surface area (Å²) in [5.41, 5.74) is 2.76. The first kappa shape index (κ1) is 23.3. The number of anilines is 1. The highest BCUT2D eigenvalue weighted by molar-refractivity contribution is 5.75. The molecule has 2 rings (SSSR count). The number of nitrogens with zero attached hydrogens (tertiary/aromatic N) is 2. The number of methoxy groups -OCH3 is 1. The third-order valence-corrected chi connectivity index (χ3v) is 3.49. The maximum absolute atomic E-state index is 10.7. The van der Waals surface area contributed by atoms with Gasteiger partial charge in [-0.1, -0.05) is 51.1 Å². The van der Waals surface area contributed by atoms with Gasteiger partial charge in [0.2, 0.25) is 0 Å². The summed E-state index contributed by atoms with van der Waals surface area (Å²) in [5.74, 6) is 0.964. The van der Waals surface area contributed by atoms with Crippen molar-refractivity contribution < 1.29 is 14.6 Å². The zero-order chi connectivity index (χ0) is 19.9. The van der Waals surface area contributed by atoms with Crippen molar-refractivity contribution in [3.8, 4) is 5.75 Å². The summed E-state index contributed by atoms with van der Waals surface area (Å²) >= 11 is 0. The second kappa shape index (κ2) is 13.6. The van der Waals surface area contributed by atoms with Crippen LogP contribution in [0, 0.1) is 0 Å². The maximum Gasteiger partial charge on any atom is 0.150 e. The Morgan fingerprint density at radius 1 is 1.12 bits per heavy atom. The fourth-order valence-electron chi connectivity index (χ4n) is 2.04. The second-order valence-electron chi connectivity index (χ2n) is 5.06. The first-order valence-corrected chi connectivity index (χ1v) is 8.56. The van der Waals surface area contributed by atoms with E-state index in [1.165, 1.54) is 0 Å². The van der Waals surface area contributed by atoms with Crippen molar-refractivity contribution in [2.24, 2.45) is 5.10 Å². The van der Waals surface area contributed by atoms with Gasteiger partial charge in [0.25, 0.3) is 0 Å². The van der Waals surface area contributed by atoms with Crippen LogP contribution in [0.5, 0.6) is 5.75 Å². The second-order valence-corrected chi connectivity index (χ2v) is 5.06. The number of ether oxygens (including phenoxy) is 1. The highest BCUT2D eigenvalue weighted by Gasteiger charge is 2.04. The first-order chi connectivity index (χ1) is 12.6. The number of rotatable bonds is 6. The van der Waals surface area contributed by atoms with E-state index in [1.54, 1.807) is 12.1 Å². The van der Waals surface area contributed by atoms with Crippen molar-refractivity contribution in [2.75, 3.05) is 26.3 Å². The molecule has 0 fully saturated rings. The van der Waals surface area contributed by atoms with Gasteiger partial charge in [-0.15, -0.1) is 0 Å². The zero-order valence-corrected chi connectivity index (χ0v) is 16.5. The number of benzene rings is 2. The molecule has 0 bridgehead atoms. The molecule has 142 valence electrons. The number of aldehydes is 1. The van der Waals surface area contributed by atoms with Gasteiger partial charge in [0.15, 0.2) is 0 Å². The number of aliphatic hydroxyl groups is 1. The molecule has 5 nitrogen and oxygen atoms in total. The van der Waals surface area contributed by atoms with Gasteiger partial charge in [0.05, 0.1) is 12.8 Å². The minimum Gasteiger partial charge on any atom is -0.497 e. The van der Waals surface area contributed by atoms with Gasteiger partial charge < -0.3 is 9.84 Å². The molecule has 1 atom stereocenters. The summed E-state index contributed by atoms with van der Waals surface area (Å²) in [7, 11) is 4.54. The topological polar surface area (TPSA) is 62.1 Å². The van der Waals surface area contributed by atoms with E-state index in [0.717, 1.165) is 30.4 Å². The summed E-state index contributed by atoms with van der Waals surface area (Å²) in [6, 6.07) is 15.3. The summed E-state index contributed by atoms with van der Waals surface area (Å²) < 4.78 is 5.21. The average Bonchev–Trinajstić information content (AvgIpc) is 2.74. The Hall–Kier alpha value is -2.66. The highest BCUT2D eigenvalue weighted by Crippen LogP contribution is 2.20. The molecule has 0 saturated carbocycles. The smallest absolute Gasteiger partial charge is 0.150 e. The maximum atomic E-state index is 10.7. The Balaban J connectivity index is 0.00000146. The Labute approximate surface area is 156 Å². The summed E-state index contributed by atoms with van der Waals surface area (Å²) in [4.78, 5) is 10.7. The highest BCUT2D eigenvalue weighted by atomic mass is 16.5. The van der Waals surface area contributed by atoms with Crippen LogP contribution >= 0.6 is 0 Å². The summed E-state index contributed by atoms with van der Waals surface area (Å²) in [6.45, 7) is 6.07. The van der Waals surface area contributed by atoms with E-state index in [1.807, 2.05) is 75.6 Å². The molecule has 5 heteroatoms. The van der Waals surface area contributed by atoms with Gasteiger partial charge in [0, 0.05) is 37.9 Å². The van der Waals surface area contributed by atoms with Gasteiger partial charge >= 0.3 is 0 Å². The molecular weight excluding hydrogens is 328 g/mol. The fraction of sp³-hybridized carbons (Fsp3) is 0.333. The third kappa shape index (κ3) is 7.49. The van der Waals surface area contributed by atoms with Crippen molar-refractivity contribution in [3.63, 3.8) is 0 Å². The van der Waals surface area contributed by atoms with E-state index in [9.17, 15) is 4.79 Å². The lowest BCUT2D eigenvalue weighted by Gasteiger charge is -2.15. The number of hydrogen-bond donors (Lipinski definition) is 1. The van der Waals surface area contributed by atoms with Gasteiger partial charge in [-0.25, -0.2) is 0 Å². The van der Waals surface area contributed by atoms with E-state index < -0.39 is 0 Å². The van der Waals surface area contributed by atoms with Gasteiger partial charge in [-0.2, -0.15) is 5.10 Å². The lowest BCUT2D eigenvalue weighted by molar-refractivity contribution is 0.112. The Morgan fingerprint density at radius 2 is 1.73 bits per heavy atom. The van der Waals surface area contributed by atoms with Gasteiger partial charge in [-0.3, -0.25) is 9.80 Å². The molecular formula is C21H30N2O3. The largest absolute Gasteiger partial charge is 0.497 e. The van der Waals surface area contributed by atoms with Crippen LogP contribution in [0.4, 0.5) is 5.69 Å². The van der Waals surface area contributed by atoms with Gasteiger partial charge in [-0.05, 0) is 17.7 Å². The number of hydrazone groups is 1. The fourth-order valence-corrected chi connectivity index (χ4v) is 2.04. The van der Waals surface area contributed by atoms with Crippen molar-refractivity contribution in [2.45, 2.75) is 26.7 Å². The molecule has 1 N–H and O–H groups in total. The van der Waals surface area contributed by atoms with Crippen molar-refractivity contribution >= 4 is 18.2 Å². The van der Waals surface area contributed by atoms with Crippen LogP contribution in [0.1, 0.15) is 42.6 Å². The van der Waals surface area contributed by atoms with E-state index in [4.69, 9.17) is 9.84 Å². The summed E-state index contributed by atoms with van der Waals surface area (Å²) in [6.07, 6.45) is 2.73. The molecule has 2 aromatic carbocycles. The minimum atomic E-state index is 0.161. The molecule has 0 spiro atoms. The van der Waals surface area contributed by atoms with Crippen LogP contribution in [0.2, 0.25) is 0 Å². The number of hydrogen-bond acceptors (Lipinski definition) is 5. The van der Waals surface area contributed by atoms with Crippen molar-refractivity contribution in [1.82, 2.24) is 0 Å². The predicted molar refractivity (Wildman–Crippen MR) is 110 cm³/mol. The van der Waals surface area contributed by atoms with Gasteiger partial charge in [0.1, 0.15) is 12.0 Å². The standard InChI is InChI=1S/C18H20N2O2.C2H6.CH4O/c1-14(16-9-7-15(13-21)8-10-16)12-19-20(2)17-5-4-6-18(11-17)22-3;2*1-2/h4-14H,1-3H3;1-2H3;2H,1H3/b19-12-;;. The molecule has 0 radical (unpaired) electrons. The van der Waals surface area contributed by atoms with E-state index >= 15 is 0 Å². The Morgan fingerprint density at radius 3 is 2.27 bits per heavy atom. The lowest BCUT2D eigenvalue weighted by Crippen LogP contribution is -2.10. The average molecular weight is 358 g/mol. The molecule has 0 aliphatic carbocycles. The molecule has 1 unspecified atom stereocenters. The number of carbonyl (C=O) groups is 1. The molecule has 0 heterocycles. The molecule has 2 aromatic rings. The van der Waals surface area contributed by atoms with Crippen LogP contribution in [-0.4, -0.2) is 38.9 Å². The van der Waals surface area contributed by atoms with Crippen LogP contribution in [0.15, 0.2) is 53.6 Å². The van der Waals surface area contributed by atoms with Crippen molar-refractivity contribution in [1.29, 1.82) is 0 Å². The zero-order valence-electron chi connectivity index (χ0n) is 16.5. The molecule has 0 amide bonds. The van der Waals surface area contributed by atoms with Crippen LogP contribution in [0.3, 0.4) is 0 Å². The van der Waals surface area contributed by atoms with Crippen LogP contribution in [-0.2, 0) is 0 Å².